The maximum absolute atomic E-state index is 12.6. The normalized spacial score (nSPS) is 25.7. The van der Waals surface area contributed by atoms with Gasteiger partial charge in [0.2, 0.25) is 0 Å². The van der Waals surface area contributed by atoms with E-state index in [0.717, 1.165) is 17.3 Å². The molecular weight excluding hydrogens is 402 g/mol. The van der Waals surface area contributed by atoms with Crippen molar-refractivity contribution >= 4 is 27.9 Å². The molecule has 8 heteroatoms. The highest BCUT2D eigenvalue weighted by Gasteiger charge is 2.51. The first-order chi connectivity index (χ1) is 12.1. The van der Waals surface area contributed by atoms with E-state index in [2.05, 4.69) is 15.9 Å². The molecule has 2 fully saturated rings. The fourth-order valence-corrected chi connectivity index (χ4v) is 4.03. The highest BCUT2D eigenvalue weighted by molar-refractivity contribution is 9.10. The van der Waals surface area contributed by atoms with Crippen molar-refractivity contribution in [2.75, 3.05) is 7.05 Å². The third kappa shape index (κ3) is 3.15. The van der Waals surface area contributed by atoms with Crippen molar-refractivity contribution in [1.82, 2.24) is 14.4 Å². The topological polar surface area (TPSA) is 71.8 Å². The van der Waals surface area contributed by atoms with Gasteiger partial charge in [-0.2, -0.15) is 0 Å². The van der Waals surface area contributed by atoms with Crippen LogP contribution < -0.4 is 10.3 Å². The molecule has 1 aliphatic heterocycles. The second kappa shape index (κ2) is 6.72. The van der Waals surface area contributed by atoms with Gasteiger partial charge in [0, 0.05) is 32.4 Å². The summed E-state index contributed by atoms with van der Waals surface area (Å²) in [4.78, 5) is 39.8. The van der Waals surface area contributed by atoms with Crippen LogP contribution in [-0.2, 0) is 11.8 Å². The zero-order chi connectivity index (χ0) is 19.2. The Bertz CT molecular complexity index is 796. The number of amides is 3. The van der Waals surface area contributed by atoms with Gasteiger partial charge in [-0.3, -0.25) is 14.5 Å². The van der Waals surface area contributed by atoms with E-state index in [0.29, 0.717) is 18.6 Å². The fraction of sp³-hybridized carbons (Fsp3) is 0.611. The van der Waals surface area contributed by atoms with Gasteiger partial charge in [0.1, 0.15) is 11.3 Å². The molecule has 26 heavy (non-hydrogen) atoms. The second-order valence-electron chi connectivity index (χ2n) is 7.56. The van der Waals surface area contributed by atoms with Gasteiger partial charge >= 0.3 is 6.03 Å². The number of urea groups is 1. The molecule has 7 nitrogen and oxygen atoms in total. The minimum absolute atomic E-state index is 0.0341. The molecule has 0 atom stereocenters. The molecule has 0 radical (unpaired) electrons. The molecule has 1 aromatic rings. The summed E-state index contributed by atoms with van der Waals surface area (Å²) < 4.78 is 8.20. The Morgan fingerprint density at radius 1 is 1.12 bits per heavy atom. The van der Waals surface area contributed by atoms with Crippen LogP contribution in [0.15, 0.2) is 21.5 Å². The lowest BCUT2D eigenvalue weighted by molar-refractivity contribution is -0.133. The van der Waals surface area contributed by atoms with E-state index in [1.807, 2.05) is 0 Å². The van der Waals surface area contributed by atoms with Gasteiger partial charge < -0.3 is 14.2 Å². The van der Waals surface area contributed by atoms with E-state index in [-0.39, 0.29) is 29.6 Å². The van der Waals surface area contributed by atoms with Crippen LogP contribution in [0.2, 0.25) is 0 Å². The predicted molar refractivity (Wildman–Crippen MR) is 100 cm³/mol. The summed E-state index contributed by atoms with van der Waals surface area (Å²) >= 11 is 3.42. The summed E-state index contributed by atoms with van der Waals surface area (Å²) in [7, 11) is 3.35. The Morgan fingerprint density at radius 2 is 1.73 bits per heavy atom. The molecule has 0 spiro atoms. The third-order valence-corrected chi connectivity index (χ3v) is 6.12. The molecular formula is C18H24BrN3O4. The van der Waals surface area contributed by atoms with E-state index in [4.69, 9.17) is 4.74 Å². The highest BCUT2D eigenvalue weighted by atomic mass is 79.9. The number of aromatic nitrogens is 1. The van der Waals surface area contributed by atoms with Crippen molar-refractivity contribution in [2.24, 2.45) is 7.05 Å². The average Bonchev–Trinajstić information content (AvgIpc) is 2.74. The average molecular weight is 426 g/mol. The molecule has 142 valence electrons. The number of rotatable bonds is 3. The largest absolute Gasteiger partial charge is 0.489 e. The van der Waals surface area contributed by atoms with Crippen molar-refractivity contribution in [3.63, 3.8) is 0 Å². The number of nitrogens with zero attached hydrogens (tertiary/aromatic N) is 3. The Kier molecular flexibility index (Phi) is 4.90. The first-order valence-corrected chi connectivity index (χ1v) is 9.56. The van der Waals surface area contributed by atoms with Gasteiger partial charge in [-0.05, 0) is 55.5 Å². The van der Waals surface area contributed by atoms with Crippen LogP contribution in [0.3, 0.4) is 0 Å². The summed E-state index contributed by atoms with van der Waals surface area (Å²) in [6.45, 7) is 3.55. The monoisotopic (exact) mass is 425 g/mol. The van der Waals surface area contributed by atoms with Crippen LogP contribution in [0.1, 0.15) is 39.5 Å². The molecule has 0 bridgehead atoms. The van der Waals surface area contributed by atoms with Gasteiger partial charge in [0.05, 0.1) is 10.6 Å². The molecule has 2 aliphatic rings. The first-order valence-electron chi connectivity index (χ1n) is 8.77. The number of hydrogen-bond donors (Lipinski definition) is 0. The first kappa shape index (κ1) is 18.9. The van der Waals surface area contributed by atoms with Gasteiger partial charge in [-0.15, -0.1) is 0 Å². The van der Waals surface area contributed by atoms with Crippen LogP contribution in [0.5, 0.6) is 5.75 Å². The van der Waals surface area contributed by atoms with Gasteiger partial charge in [0.25, 0.3) is 11.5 Å². The number of carbonyl (C=O) groups is 2. The number of halogens is 1. The molecule has 1 aromatic heterocycles. The van der Waals surface area contributed by atoms with Crippen LogP contribution in [0.25, 0.3) is 0 Å². The molecule has 3 rings (SSSR count). The minimum atomic E-state index is -0.792. The number of pyridine rings is 1. The molecule has 0 unspecified atom stereocenters. The maximum atomic E-state index is 12.6. The van der Waals surface area contributed by atoms with E-state index >= 15 is 0 Å². The molecule has 1 aliphatic carbocycles. The number of likely N-dealkylation sites (N-methyl/N-ethyl adjacent to an activating group) is 1. The molecule has 0 N–H and O–H groups in total. The van der Waals surface area contributed by atoms with E-state index in [1.165, 1.54) is 20.4 Å². The number of ether oxygens (including phenoxy) is 1. The molecule has 2 heterocycles. The summed E-state index contributed by atoms with van der Waals surface area (Å²) in [5.41, 5.74) is -0.922. The quantitative estimate of drug-likeness (QED) is 0.697. The number of aryl methyl sites for hydroxylation is 1. The van der Waals surface area contributed by atoms with E-state index in [1.54, 1.807) is 34.1 Å². The van der Waals surface area contributed by atoms with Gasteiger partial charge in [0.15, 0.2) is 0 Å². The van der Waals surface area contributed by atoms with Crippen LogP contribution in [0, 0.1) is 0 Å². The third-order valence-electron chi connectivity index (χ3n) is 5.52. The maximum Gasteiger partial charge on any atom is 0.327 e. The van der Waals surface area contributed by atoms with Crippen LogP contribution in [-0.4, -0.2) is 51.0 Å². The highest BCUT2D eigenvalue weighted by Crippen LogP contribution is 2.34. The van der Waals surface area contributed by atoms with Crippen molar-refractivity contribution in [2.45, 2.75) is 57.2 Å². The van der Waals surface area contributed by atoms with Crippen molar-refractivity contribution in [3.05, 3.63) is 27.1 Å². The zero-order valence-electron chi connectivity index (χ0n) is 15.5. The zero-order valence-corrected chi connectivity index (χ0v) is 17.1. The Hall–Kier alpha value is -1.83. The van der Waals surface area contributed by atoms with E-state index < -0.39 is 5.54 Å². The fourth-order valence-electron chi connectivity index (χ4n) is 3.52. The molecule has 0 aromatic carbocycles. The van der Waals surface area contributed by atoms with E-state index in [9.17, 15) is 14.4 Å². The van der Waals surface area contributed by atoms with Crippen molar-refractivity contribution < 1.29 is 14.3 Å². The smallest absolute Gasteiger partial charge is 0.327 e. The lowest BCUT2D eigenvalue weighted by Crippen LogP contribution is -2.45. The number of hydrogen-bond acceptors (Lipinski definition) is 4. The Morgan fingerprint density at radius 3 is 2.27 bits per heavy atom. The lowest BCUT2D eigenvalue weighted by atomic mass is 9.91. The molecule has 1 saturated heterocycles. The Labute approximate surface area is 161 Å². The molecule has 1 saturated carbocycles. The number of imide groups is 1. The summed E-state index contributed by atoms with van der Waals surface area (Å²) in [6.07, 6.45) is 4.51. The summed E-state index contributed by atoms with van der Waals surface area (Å²) in [5, 5.41) is 0. The Balaban J connectivity index is 1.65. The molecule has 3 amide bonds. The SMILES string of the molecule is CN1C(=O)N(C2CCC(Oc3cc(=O)n(C)cc3Br)CC2)C(=O)C1(C)C. The van der Waals surface area contributed by atoms with Crippen molar-refractivity contribution in [3.8, 4) is 5.75 Å². The summed E-state index contributed by atoms with van der Waals surface area (Å²) in [5.74, 6) is 0.398. The lowest BCUT2D eigenvalue weighted by Gasteiger charge is -2.33. The standard InChI is InChI=1S/C18H24BrN3O4/c1-18(2)16(24)22(17(25)21(18)4)11-5-7-12(8-6-11)26-14-9-15(23)20(3)10-13(14)19/h9-12H,5-8H2,1-4H3. The predicted octanol–water partition coefficient (Wildman–Crippen LogP) is 2.51. The van der Waals surface area contributed by atoms with Crippen LogP contribution in [0.4, 0.5) is 4.79 Å². The second-order valence-corrected chi connectivity index (χ2v) is 8.41. The summed E-state index contributed by atoms with van der Waals surface area (Å²) in [6, 6.07) is 1.16. The van der Waals surface area contributed by atoms with Gasteiger partial charge in [-0.25, -0.2) is 4.79 Å². The number of carbonyl (C=O) groups excluding carboxylic acids is 2. The minimum Gasteiger partial charge on any atom is -0.489 e. The van der Waals surface area contributed by atoms with Crippen LogP contribution >= 0.6 is 15.9 Å². The van der Waals surface area contributed by atoms with Crippen molar-refractivity contribution in [1.29, 1.82) is 0 Å². The van der Waals surface area contributed by atoms with Gasteiger partial charge in [-0.1, -0.05) is 0 Å².